The maximum Gasteiger partial charge on any atom is 0.300 e. The van der Waals surface area contributed by atoms with Gasteiger partial charge in [0.15, 0.2) is 6.29 Å². The molecular formula is C14H28O14. The van der Waals surface area contributed by atoms with E-state index in [4.69, 9.17) is 65.1 Å². The second kappa shape index (κ2) is 24.4. The van der Waals surface area contributed by atoms with Gasteiger partial charge in [0, 0.05) is 27.7 Å². The molecule has 0 saturated carbocycles. The van der Waals surface area contributed by atoms with Gasteiger partial charge in [-0.3, -0.25) is 19.2 Å². The highest BCUT2D eigenvalue weighted by Gasteiger charge is 2.29. The Labute approximate surface area is 159 Å². The van der Waals surface area contributed by atoms with Crippen LogP contribution in [-0.4, -0.2) is 107 Å². The van der Waals surface area contributed by atoms with Gasteiger partial charge in [0.25, 0.3) is 23.9 Å². The lowest BCUT2D eigenvalue weighted by Crippen LogP contribution is -2.46. The van der Waals surface area contributed by atoms with E-state index in [1.807, 2.05) is 0 Å². The fraction of sp³-hybridized carbons (Fsp3) is 0.643. The smallest absolute Gasteiger partial charge is 0.300 e. The molecule has 0 aromatic heterocycles. The van der Waals surface area contributed by atoms with Crippen molar-refractivity contribution < 1.29 is 69.9 Å². The third kappa shape index (κ3) is 65.4. The fourth-order valence-electron chi connectivity index (χ4n) is 0.618. The molecule has 14 nitrogen and oxygen atoms in total. The van der Waals surface area contributed by atoms with E-state index in [-0.39, 0.29) is 6.29 Å². The Kier molecular flexibility index (Phi) is 31.6. The molecule has 0 aliphatic carbocycles. The van der Waals surface area contributed by atoms with Gasteiger partial charge < -0.3 is 50.8 Å². The molecular weight excluding hydrogens is 392 g/mol. The van der Waals surface area contributed by atoms with Crippen molar-refractivity contribution >= 4 is 30.2 Å². The molecule has 9 N–H and O–H groups in total. The lowest BCUT2D eigenvalue weighted by Gasteiger charge is -2.22. The predicted molar refractivity (Wildman–Crippen MR) is 90.4 cm³/mol. The van der Waals surface area contributed by atoms with Gasteiger partial charge in [-0.05, 0) is 0 Å². The quantitative estimate of drug-likeness (QED) is 0.200. The third-order valence-electron chi connectivity index (χ3n) is 1.42. The predicted octanol–water partition coefficient (Wildman–Crippen LogP) is -3.02. The summed E-state index contributed by atoms with van der Waals surface area (Å²) in [4.78, 5) is 45.9. The van der Waals surface area contributed by atoms with Crippen molar-refractivity contribution in [1.82, 2.24) is 0 Å². The summed E-state index contributed by atoms with van der Waals surface area (Å²) in [5.41, 5.74) is 0. The summed E-state index contributed by atoms with van der Waals surface area (Å²) in [6.45, 7) is 3.57. The largest absolute Gasteiger partial charge is 0.481 e. The zero-order chi connectivity index (χ0) is 24.0. The molecule has 14 heteroatoms. The number of carbonyl (C=O) groups excluding carboxylic acids is 1. The number of carboxylic acid groups (broad SMARTS) is 4. The summed E-state index contributed by atoms with van der Waals surface area (Å²) < 4.78 is 0. The Hall–Kier alpha value is -2.65. The average Bonchev–Trinajstić information content (AvgIpc) is 2.49. The van der Waals surface area contributed by atoms with Crippen LogP contribution in [0.15, 0.2) is 0 Å². The molecule has 0 spiro atoms. The monoisotopic (exact) mass is 420 g/mol. The summed E-state index contributed by atoms with van der Waals surface area (Å²) in [7, 11) is 0. The number of aldehydes is 1. The Balaban J connectivity index is -0.0000000910. The Morgan fingerprint density at radius 1 is 0.679 bits per heavy atom. The molecule has 0 saturated heterocycles. The van der Waals surface area contributed by atoms with Gasteiger partial charge in [0.05, 0.1) is 6.61 Å². The van der Waals surface area contributed by atoms with Gasteiger partial charge >= 0.3 is 0 Å². The van der Waals surface area contributed by atoms with Gasteiger partial charge in [0.1, 0.15) is 24.4 Å². The molecule has 28 heavy (non-hydrogen) atoms. The van der Waals surface area contributed by atoms with Crippen LogP contribution in [-0.2, 0) is 24.0 Å². The van der Waals surface area contributed by atoms with E-state index in [9.17, 15) is 4.79 Å². The maximum atomic E-state index is 9.90. The number of aliphatic carboxylic acids is 4. The van der Waals surface area contributed by atoms with Crippen LogP contribution in [0.1, 0.15) is 27.7 Å². The highest BCUT2D eigenvalue weighted by molar-refractivity contribution is 5.63. The van der Waals surface area contributed by atoms with Crippen molar-refractivity contribution in [1.29, 1.82) is 0 Å². The molecule has 0 rings (SSSR count). The second-order valence-corrected chi connectivity index (χ2v) is 4.43. The maximum absolute atomic E-state index is 9.90. The molecule has 0 radical (unpaired) electrons. The summed E-state index contributed by atoms with van der Waals surface area (Å²) in [6, 6.07) is 0. The molecule has 4 atom stereocenters. The van der Waals surface area contributed by atoms with E-state index >= 15 is 0 Å². The molecule has 0 aromatic rings. The summed E-state index contributed by atoms with van der Waals surface area (Å²) in [5.74, 6) is -3.33. The van der Waals surface area contributed by atoms with E-state index in [0.717, 1.165) is 27.7 Å². The Bertz CT molecular complexity index is 372. The SMILES string of the molecule is CC(=O)O.CC(=O)O.CC(=O)O.CC(=O)O.O=C[C@@H](O)[C@@H](O)[C@H](O)[C@H](O)CO. The van der Waals surface area contributed by atoms with Crippen molar-refractivity contribution in [3.8, 4) is 0 Å². The van der Waals surface area contributed by atoms with E-state index in [1.165, 1.54) is 0 Å². The van der Waals surface area contributed by atoms with Gasteiger partial charge in [-0.1, -0.05) is 0 Å². The van der Waals surface area contributed by atoms with Crippen molar-refractivity contribution in [2.75, 3.05) is 6.61 Å². The first-order valence-corrected chi connectivity index (χ1v) is 7.04. The number of hydrogen-bond acceptors (Lipinski definition) is 10. The van der Waals surface area contributed by atoms with Crippen LogP contribution in [0.5, 0.6) is 0 Å². The number of aliphatic hydroxyl groups excluding tert-OH is 5. The van der Waals surface area contributed by atoms with Crippen molar-refractivity contribution in [2.24, 2.45) is 0 Å². The second-order valence-electron chi connectivity index (χ2n) is 4.43. The minimum atomic E-state index is -1.79. The molecule has 0 aromatic carbocycles. The first-order valence-electron chi connectivity index (χ1n) is 7.04. The van der Waals surface area contributed by atoms with Crippen molar-refractivity contribution in [3.05, 3.63) is 0 Å². The standard InChI is InChI=1S/C6H12O6.4C2H4O2/c7-1-3(9)5(11)6(12)4(10)2-8;4*1-2(3)4/h1,3-6,8-12H,2H2;4*1H3,(H,3,4)/t3-,4-,5-,6-;;;;/m1..../s1. The highest BCUT2D eigenvalue weighted by Crippen LogP contribution is 2.02. The fourth-order valence-corrected chi connectivity index (χ4v) is 0.618. The molecule has 0 bridgehead atoms. The van der Waals surface area contributed by atoms with Crippen LogP contribution < -0.4 is 0 Å². The van der Waals surface area contributed by atoms with Gasteiger partial charge in [0.2, 0.25) is 0 Å². The number of rotatable bonds is 5. The number of aliphatic hydroxyl groups is 5. The van der Waals surface area contributed by atoms with Crippen LogP contribution in [0.3, 0.4) is 0 Å². The van der Waals surface area contributed by atoms with E-state index in [2.05, 4.69) is 0 Å². The van der Waals surface area contributed by atoms with Crippen LogP contribution in [0.2, 0.25) is 0 Å². The molecule has 0 fully saturated rings. The first kappa shape index (κ1) is 36.3. The molecule has 0 amide bonds. The normalized spacial score (nSPS) is 12.6. The van der Waals surface area contributed by atoms with Crippen molar-refractivity contribution in [2.45, 2.75) is 52.1 Å². The van der Waals surface area contributed by atoms with Crippen LogP contribution in [0.4, 0.5) is 0 Å². The molecule has 0 unspecified atom stereocenters. The lowest BCUT2D eigenvalue weighted by atomic mass is 10.0. The zero-order valence-electron chi connectivity index (χ0n) is 15.7. The van der Waals surface area contributed by atoms with Gasteiger partial charge in [-0.25, -0.2) is 0 Å². The number of carbonyl (C=O) groups is 5. The topological polar surface area (TPSA) is 267 Å². The third-order valence-corrected chi connectivity index (χ3v) is 1.42. The number of hydrogen-bond donors (Lipinski definition) is 9. The zero-order valence-corrected chi connectivity index (χ0v) is 15.7. The minimum absolute atomic E-state index is 0.0258. The first-order chi connectivity index (χ1) is 12.5. The molecule has 0 heterocycles. The lowest BCUT2D eigenvalue weighted by molar-refractivity contribution is -0.136. The summed E-state index contributed by atoms with van der Waals surface area (Å²) in [5, 5.41) is 73.2. The highest BCUT2D eigenvalue weighted by atomic mass is 16.4. The van der Waals surface area contributed by atoms with Crippen molar-refractivity contribution in [3.63, 3.8) is 0 Å². The minimum Gasteiger partial charge on any atom is -0.481 e. The summed E-state index contributed by atoms with van der Waals surface area (Å²) in [6.07, 6.45) is -6.84. The van der Waals surface area contributed by atoms with E-state index in [1.54, 1.807) is 0 Å². The van der Waals surface area contributed by atoms with E-state index < -0.39 is 54.9 Å². The Morgan fingerprint density at radius 3 is 1.04 bits per heavy atom. The average molecular weight is 420 g/mol. The van der Waals surface area contributed by atoms with Gasteiger partial charge in [-0.2, -0.15) is 0 Å². The molecule has 168 valence electrons. The summed E-state index contributed by atoms with van der Waals surface area (Å²) >= 11 is 0. The van der Waals surface area contributed by atoms with E-state index in [0.29, 0.717) is 0 Å². The number of carboxylic acids is 4. The Morgan fingerprint density at radius 2 is 0.893 bits per heavy atom. The van der Waals surface area contributed by atoms with Crippen LogP contribution in [0.25, 0.3) is 0 Å². The van der Waals surface area contributed by atoms with Crippen LogP contribution in [0, 0.1) is 0 Å². The van der Waals surface area contributed by atoms with Crippen LogP contribution >= 0.6 is 0 Å². The van der Waals surface area contributed by atoms with Gasteiger partial charge in [-0.15, -0.1) is 0 Å². The molecule has 0 aliphatic rings. The molecule has 0 aliphatic heterocycles.